The molecule has 3 aromatic rings. The van der Waals surface area contributed by atoms with Crippen LogP contribution in [0, 0.1) is 6.92 Å². The molecule has 4 nitrogen and oxygen atoms in total. The molecule has 0 radical (unpaired) electrons. The number of hydrogen-bond donors (Lipinski definition) is 2. The molecular formula is C23H25N3O. The minimum absolute atomic E-state index is 0.0453. The van der Waals surface area contributed by atoms with Gasteiger partial charge in [-0.1, -0.05) is 50.2 Å². The Morgan fingerprint density at radius 2 is 1.67 bits per heavy atom. The summed E-state index contributed by atoms with van der Waals surface area (Å²) in [5.74, 6) is 1.21. The van der Waals surface area contributed by atoms with E-state index in [4.69, 9.17) is 0 Å². The van der Waals surface area contributed by atoms with Gasteiger partial charge in [0.25, 0.3) is 0 Å². The van der Waals surface area contributed by atoms with Crippen LogP contribution < -0.4 is 10.6 Å². The van der Waals surface area contributed by atoms with Gasteiger partial charge in [0.15, 0.2) is 0 Å². The van der Waals surface area contributed by atoms with E-state index in [1.807, 2.05) is 43.3 Å². The fourth-order valence-electron chi connectivity index (χ4n) is 2.83. The van der Waals surface area contributed by atoms with Gasteiger partial charge in [0.2, 0.25) is 5.91 Å². The maximum absolute atomic E-state index is 12.2. The Morgan fingerprint density at radius 3 is 2.30 bits per heavy atom. The van der Waals surface area contributed by atoms with Gasteiger partial charge >= 0.3 is 0 Å². The Morgan fingerprint density at radius 1 is 0.963 bits per heavy atom. The molecule has 138 valence electrons. The van der Waals surface area contributed by atoms with Crippen molar-refractivity contribution in [2.75, 3.05) is 10.6 Å². The van der Waals surface area contributed by atoms with E-state index in [1.165, 1.54) is 5.56 Å². The summed E-state index contributed by atoms with van der Waals surface area (Å²) in [7, 11) is 0. The number of anilines is 3. The topological polar surface area (TPSA) is 54.0 Å². The number of amides is 1. The molecule has 4 heteroatoms. The molecule has 2 aromatic carbocycles. The van der Waals surface area contributed by atoms with Gasteiger partial charge in [-0.2, -0.15) is 0 Å². The second kappa shape index (κ2) is 8.49. The predicted octanol–water partition coefficient (Wildman–Crippen LogP) is 5.44. The summed E-state index contributed by atoms with van der Waals surface area (Å²) >= 11 is 0. The molecule has 0 saturated carbocycles. The predicted molar refractivity (Wildman–Crippen MR) is 112 cm³/mol. The van der Waals surface area contributed by atoms with Gasteiger partial charge in [-0.25, -0.2) is 4.98 Å². The first-order valence-electron chi connectivity index (χ1n) is 9.18. The smallest absolute Gasteiger partial charge is 0.228 e. The van der Waals surface area contributed by atoms with Crippen LogP contribution in [0.15, 0.2) is 66.9 Å². The van der Waals surface area contributed by atoms with E-state index in [0.29, 0.717) is 18.0 Å². The van der Waals surface area contributed by atoms with Gasteiger partial charge in [0, 0.05) is 5.69 Å². The Hall–Kier alpha value is -3.14. The molecule has 0 atom stereocenters. The summed E-state index contributed by atoms with van der Waals surface area (Å²) in [6.07, 6.45) is 2.02. The van der Waals surface area contributed by atoms with Crippen LogP contribution in [0.4, 0.5) is 17.2 Å². The first kappa shape index (κ1) is 18.6. The zero-order valence-electron chi connectivity index (χ0n) is 16.0. The highest BCUT2D eigenvalue weighted by Gasteiger charge is 2.07. The zero-order chi connectivity index (χ0) is 19.2. The molecular weight excluding hydrogens is 334 g/mol. The number of aryl methyl sites for hydroxylation is 1. The maximum atomic E-state index is 12.2. The minimum atomic E-state index is -0.0453. The molecule has 27 heavy (non-hydrogen) atoms. The molecule has 0 aliphatic rings. The van der Waals surface area contributed by atoms with Gasteiger partial charge in [-0.15, -0.1) is 0 Å². The number of carbonyl (C=O) groups excluding carboxylic acids is 1. The van der Waals surface area contributed by atoms with Gasteiger partial charge in [-0.05, 0) is 53.8 Å². The molecule has 0 spiro atoms. The van der Waals surface area contributed by atoms with E-state index in [9.17, 15) is 4.79 Å². The van der Waals surface area contributed by atoms with Gasteiger partial charge in [-0.3, -0.25) is 4.79 Å². The minimum Gasteiger partial charge on any atom is -0.340 e. The molecule has 0 unspecified atom stereocenters. The number of nitrogens with zero attached hydrogens (tertiary/aromatic N) is 1. The Balaban J connectivity index is 1.58. The molecule has 1 heterocycles. The van der Waals surface area contributed by atoms with Gasteiger partial charge in [0.05, 0.1) is 18.3 Å². The molecule has 0 aliphatic heterocycles. The monoisotopic (exact) mass is 359 g/mol. The highest BCUT2D eigenvalue weighted by molar-refractivity contribution is 5.92. The van der Waals surface area contributed by atoms with Crippen molar-refractivity contribution in [1.29, 1.82) is 0 Å². The third kappa shape index (κ3) is 5.17. The lowest BCUT2D eigenvalue weighted by Crippen LogP contribution is -2.15. The van der Waals surface area contributed by atoms with Crippen LogP contribution in [0.5, 0.6) is 0 Å². The molecule has 0 saturated heterocycles. The molecule has 0 fully saturated rings. The lowest BCUT2D eigenvalue weighted by Gasteiger charge is -2.10. The van der Waals surface area contributed by atoms with Crippen molar-refractivity contribution >= 4 is 23.1 Å². The van der Waals surface area contributed by atoms with E-state index in [2.05, 4.69) is 53.7 Å². The van der Waals surface area contributed by atoms with Crippen molar-refractivity contribution in [2.45, 2.75) is 33.1 Å². The standard InChI is InChI=1S/C23H25N3O/c1-16(2)18-8-10-20(11-9-18)25-22-13-12-21(15-24-22)26-23(27)14-19-7-5-4-6-17(19)3/h4-13,15-16H,14H2,1-3H3,(H,24,25)(H,26,27). The summed E-state index contributed by atoms with van der Waals surface area (Å²) in [6, 6.07) is 20.0. The first-order chi connectivity index (χ1) is 13.0. The van der Waals surface area contributed by atoms with E-state index < -0.39 is 0 Å². The van der Waals surface area contributed by atoms with Crippen LogP contribution in [-0.2, 0) is 11.2 Å². The molecule has 1 amide bonds. The molecule has 3 rings (SSSR count). The lowest BCUT2D eigenvalue weighted by molar-refractivity contribution is -0.115. The van der Waals surface area contributed by atoms with Crippen molar-refractivity contribution in [1.82, 2.24) is 4.98 Å². The molecule has 0 aliphatic carbocycles. The second-order valence-corrected chi connectivity index (χ2v) is 6.99. The average Bonchev–Trinajstić information content (AvgIpc) is 2.66. The highest BCUT2D eigenvalue weighted by Crippen LogP contribution is 2.20. The number of hydrogen-bond acceptors (Lipinski definition) is 3. The van der Waals surface area contributed by atoms with Crippen LogP contribution in [0.25, 0.3) is 0 Å². The van der Waals surface area contributed by atoms with Crippen molar-refractivity contribution in [3.05, 3.63) is 83.6 Å². The molecule has 2 N–H and O–H groups in total. The Labute approximate surface area is 160 Å². The fraction of sp³-hybridized carbons (Fsp3) is 0.217. The third-order valence-corrected chi connectivity index (χ3v) is 4.51. The number of rotatable bonds is 6. The molecule has 0 bridgehead atoms. The fourth-order valence-corrected chi connectivity index (χ4v) is 2.83. The van der Waals surface area contributed by atoms with E-state index in [0.717, 1.165) is 22.6 Å². The van der Waals surface area contributed by atoms with E-state index in [-0.39, 0.29) is 5.91 Å². The maximum Gasteiger partial charge on any atom is 0.228 e. The largest absolute Gasteiger partial charge is 0.340 e. The summed E-state index contributed by atoms with van der Waals surface area (Å²) in [5.41, 5.74) is 5.14. The Bertz CT molecular complexity index is 900. The second-order valence-electron chi connectivity index (χ2n) is 6.99. The highest BCUT2D eigenvalue weighted by atomic mass is 16.1. The van der Waals surface area contributed by atoms with Crippen LogP contribution in [0.3, 0.4) is 0 Å². The van der Waals surface area contributed by atoms with Crippen molar-refractivity contribution in [2.24, 2.45) is 0 Å². The van der Waals surface area contributed by atoms with Gasteiger partial charge in [0.1, 0.15) is 5.82 Å². The summed E-state index contributed by atoms with van der Waals surface area (Å²) < 4.78 is 0. The zero-order valence-corrected chi connectivity index (χ0v) is 16.0. The van der Waals surface area contributed by atoms with Crippen LogP contribution in [-0.4, -0.2) is 10.9 Å². The number of pyridine rings is 1. The summed E-state index contributed by atoms with van der Waals surface area (Å²) in [4.78, 5) is 16.6. The first-order valence-corrected chi connectivity index (χ1v) is 9.18. The number of carbonyl (C=O) groups is 1. The van der Waals surface area contributed by atoms with Crippen molar-refractivity contribution < 1.29 is 4.79 Å². The van der Waals surface area contributed by atoms with Crippen LogP contribution in [0.2, 0.25) is 0 Å². The Kier molecular flexibility index (Phi) is 5.87. The summed E-state index contributed by atoms with van der Waals surface area (Å²) in [6.45, 7) is 6.37. The van der Waals surface area contributed by atoms with Gasteiger partial charge < -0.3 is 10.6 Å². The average molecular weight is 359 g/mol. The number of benzene rings is 2. The number of aromatic nitrogens is 1. The normalized spacial score (nSPS) is 10.7. The molecule has 1 aromatic heterocycles. The number of nitrogens with one attached hydrogen (secondary N) is 2. The lowest BCUT2D eigenvalue weighted by atomic mass is 10.0. The van der Waals surface area contributed by atoms with Crippen LogP contribution in [0.1, 0.15) is 36.5 Å². The van der Waals surface area contributed by atoms with E-state index in [1.54, 1.807) is 6.20 Å². The van der Waals surface area contributed by atoms with Crippen LogP contribution >= 0.6 is 0 Å². The SMILES string of the molecule is Cc1ccccc1CC(=O)Nc1ccc(Nc2ccc(C(C)C)cc2)nc1. The quantitative estimate of drug-likeness (QED) is 0.616. The third-order valence-electron chi connectivity index (χ3n) is 4.51. The van der Waals surface area contributed by atoms with Crippen molar-refractivity contribution in [3.8, 4) is 0 Å². The van der Waals surface area contributed by atoms with E-state index >= 15 is 0 Å². The summed E-state index contributed by atoms with van der Waals surface area (Å²) in [5, 5.41) is 6.17. The van der Waals surface area contributed by atoms with Crippen molar-refractivity contribution in [3.63, 3.8) is 0 Å².